The molecule has 7 heteroatoms. The van der Waals surface area contributed by atoms with E-state index in [-0.39, 0.29) is 24.8 Å². The van der Waals surface area contributed by atoms with Crippen LogP contribution < -0.4 is 10.1 Å². The molecule has 3 aromatic rings. The van der Waals surface area contributed by atoms with Gasteiger partial charge in [-0.2, -0.15) is 0 Å². The van der Waals surface area contributed by atoms with Crippen LogP contribution in [0, 0.1) is 5.82 Å². The molecule has 0 radical (unpaired) electrons. The van der Waals surface area contributed by atoms with Crippen LogP contribution in [0.25, 0.3) is 0 Å². The van der Waals surface area contributed by atoms with Crippen molar-refractivity contribution in [1.82, 2.24) is 10.2 Å². The van der Waals surface area contributed by atoms with Crippen LogP contribution in [0.3, 0.4) is 0 Å². The third-order valence-electron chi connectivity index (χ3n) is 5.74. The van der Waals surface area contributed by atoms with E-state index in [1.807, 2.05) is 37.3 Å². The number of halogens is 2. The van der Waals surface area contributed by atoms with Gasteiger partial charge < -0.3 is 15.0 Å². The minimum absolute atomic E-state index is 0.000589. The molecule has 190 valence electrons. The molecule has 0 aliphatic carbocycles. The largest absolute Gasteiger partial charge is 0.494 e. The predicted molar refractivity (Wildman–Crippen MR) is 140 cm³/mol. The Balaban J connectivity index is 1.78. The third-order valence-corrected chi connectivity index (χ3v) is 5.99. The van der Waals surface area contributed by atoms with Gasteiger partial charge in [-0.15, -0.1) is 0 Å². The number of hydrogen-bond donors (Lipinski definition) is 1. The van der Waals surface area contributed by atoms with Crippen molar-refractivity contribution < 1.29 is 18.7 Å². The van der Waals surface area contributed by atoms with Gasteiger partial charge in [0.1, 0.15) is 17.6 Å². The first kappa shape index (κ1) is 27.2. The highest BCUT2D eigenvalue weighted by atomic mass is 35.5. The monoisotopic (exact) mass is 510 g/mol. The lowest BCUT2D eigenvalue weighted by Crippen LogP contribution is -2.50. The molecular formula is C29H32ClFN2O3. The van der Waals surface area contributed by atoms with Crippen molar-refractivity contribution in [3.63, 3.8) is 0 Å². The molecule has 3 aromatic carbocycles. The average Bonchev–Trinajstić information content (AvgIpc) is 2.89. The number of carbonyl (C=O) groups is 2. The molecule has 0 aromatic heterocycles. The van der Waals surface area contributed by atoms with E-state index >= 15 is 0 Å². The zero-order valence-corrected chi connectivity index (χ0v) is 21.2. The van der Waals surface area contributed by atoms with Crippen molar-refractivity contribution >= 4 is 23.4 Å². The van der Waals surface area contributed by atoms with Crippen LogP contribution in [0.1, 0.15) is 37.3 Å². The van der Waals surface area contributed by atoms with Gasteiger partial charge in [0, 0.05) is 36.5 Å². The van der Waals surface area contributed by atoms with Crippen LogP contribution in [0.2, 0.25) is 5.02 Å². The van der Waals surface area contributed by atoms with E-state index in [1.54, 1.807) is 42.5 Å². The van der Waals surface area contributed by atoms with Crippen molar-refractivity contribution in [1.29, 1.82) is 0 Å². The Labute approximate surface area is 217 Å². The molecule has 0 aliphatic rings. The number of ether oxygens (including phenoxy) is 1. The van der Waals surface area contributed by atoms with Crippen molar-refractivity contribution in [2.24, 2.45) is 0 Å². The topological polar surface area (TPSA) is 58.6 Å². The van der Waals surface area contributed by atoms with Gasteiger partial charge in [-0.25, -0.2) is 4.39 Å². The fourth-order valence-electron chi connectivity index (χ4n) is 3.82. The Morgan fingerprint density at radius 2 is 1.69 bits per heavy atom. The summed E-state index contributed by atoms with van der Waals surface area (Å²) in [5, 5.41) is 3.54. The number of nitrogens with one attached hydrogen (secondary N) is 1. The fraction of sp³-hybridized carbons (Fsp3) is 0.310. The maximum atomic E-state index is 14.6. The lowest BCUT2D eigenvalue weighted by molar-refractivity contribution is -0.141. The van der Waals surface area contributed by atoms with E-state index in [9.17, 15) is 14.0 Å². The molecule has 2 amide bonds. The van der Waals surface area contributed by atoms with Crippen LogP contribution in [-0.4, -0.2) is 35.9 Å². The highest BCUT2D eigenvalue weighted by molar-refractivity contribution is 6.30. The van der Waals surface area contributed by atoms with Gasteiger partial charge in [-0.05, 0) is 48.7 Å². The third kappa shape index (κ3) is 8.38. The zero-order valence-electron chi connectivity index (χ0n) is 20.5. The SMILES string of the molecule is CCCNC(=O)[C@@H](Cc1ccccc1)N(Cc1ccccc1F)C(=O)CCCOc1ccc(Cl)cc1. The summed E-state index contributed by atoms with van der Waals surface area (Å²) in [4.78, 5) is 28.2. The van der Waals surface area contributed by atoms with Crippen LogP contribution in [0.5, 0.6) is 5.75 Å². The minimum Gasteiger partial charge on any atom is -0.494 e. The number of hydrogen-bond acceptors (Lipinski definition) is 3. The van der Waals surface area contributed by atoms with Crippen molar-refractivity contribution in [2.45, 2.75) is 45.2 Å². The molecule has 1 atom stereocenters. The molecule has 0 spiro atoms. The average molecular weight is 511 g/mol. The summed E-state index contributed by atoms with van der Waals surface area (Å²) in [5.41, 5.74) is 1.29. The Morgan fingerprint density at radius 3 is 2.39 bits per heavy atom. The van der Waals surface area contributed by atoms with E-state index in [0.29, 0.717) is 42.3 Å². The second kappa shape index (κ2) is 14.2. The lowest BCUT2D eigenvalue weighted by atomic mass is 10.0. The molecule has 36 heavy (non-hydrogen) atoms. The molecule has 1 N–H and O–H groups in total. The molecular weight excluding hydrogens is 479 g/mol. The number of rotatable bonds is 13. The Morgan fingerprint density at radius 1 is 1.00 bits per heavy atom. The number of benzene rings is 3. The van der Waals surface area contributed by atoms with Crippen LogP contribution in [0.4, 0.5) is 4.39 Å². The van der Waals surface area contributed by atoms with Gasteiger partial charge in [0.15, 0.2) is 0 Å². The van der Waals surface area contributed by atoms with Crippen LogP contribution in [-0.2, 0) is 22.6 Å². The molecule has 0 saturated carbocycles. The molecule has 0 saturated heterocycles. The summed E-state index contributed by atoms with van der Waals surface area (Å²) in [6.07, 6.45) is 1.71. The highest BCUT2D eigenvalue weighted by Gasteiger charge is 2.30. The lowest BCUT2D eigenvalue weighted by Gasteiger charge is -2.31. The van der Waals surface area contributed by atoms with Gasteiger partial charge in [-0.3, -0.25) is 9.59 Å². The molecule has 5 nitrogen and oxygen atoms in total. The normalized spacial score (nSPS) is 11.5. The van der Waals surface area contributed by atoms with Gasteiger partial charge >= 0.3 is 0 Å². The quantitative estimate of drug-likeness (QED) is 0.295. The minimum atomic E-state index is -0.775. The molecule has 0 aliphatic heterocycles. The van der Waals surface area contributed by atoms with Gasteiger partial charge in [-0.1, -0.05) is 67.1 Å². The van der Waals surface area contributed by atoms with Crippen LogP contribution in [0.15, 0.2) is 78.9 Å². The first-order valence-corrected chi connectivity index (χ1v) is 12.6. The summed E-state index contributed by atoms with van der Waals surface area (Å²) >= 11 is 5.91. The van der Waals surface area contributed by atoms with Crippen molar-refractivity contribution in [3.05, 3.63) is 101 Å². The van der Waals surface area contributed by atoms with Crippen LogP contribution >= 0.6 is 11.6 Å². The maximum Gasteiger partial charge on any atom is 0.243 e. The van der Waals surface area contributed by atoms with E-state index < -0.39 is 11.9 Å². The van der Waals surface area contributed by atoms with E-state index in [1.165, 1.54) is 11.0 Å². The first-order chi connectivity index (χ1) is 17.5. The second-order valence-electron chi connectivity index (χ2n) is 8.52. The maximum absolute atomic E-state index is 14.6. The predicted octanol–water partition coefficient (Wildman–Crippen LogP) is 5.80. The van der Waals surface area contributed by atoms with Gasteiger partial charge in [0.05, 0.1) is 6.61 Å². The van der Waals surface area contributed by atoms with Gasteiger partial charge in [0.25, 0.3) is 0 Å². The summed E-state index contributed by atoms with van der Waals surface area (Å²) in [6, 6.07) is 22.1. The number of amides is 2. The summed E-state index contributed by atoms with van der Waals surface area (Å²) in [6.45, 7) is 2.79. The number of carbonyl (C=O) groups excluding carboxylic acids is 2. The first-order valence-electron chi connectivity index (χ1n) is 12.2. The van der Waals surface area contributed by atoms with Gasteiger partial charge in [0.2, 0.25) is 11.8 Å². The highest BCUT2D eigenvalue weighted by Crippen LogP contribution is 2.19. The number of nitrogens with zero attached hydrogens (tertiary/aromatic N) is 1. The summed E-state index contributed by atoms with van der Waals surface area (Å²) < 4.78 is 20.3. The standard InChI is InChI=1S/C29H32ClFN2O3/c1-2-18-32-29(35)27(20-22-9-4-3-5-10-22)33(21-23-11-6-7-12-26(23)31)28(34)13-8-19-36-25-16-14-24(30)15-17-25/h3-7,9-12,14-17,27H,2,8,13,18-21H2,1H3,(H,32,35)/t27-/m1/s1. The molecule has 3 rings (SSSR count). The molecule has 0 unspecified atom stereocenters. The summed E-state index contributed by atoms with van der Waals surface area (Å²) in [5.74, 6) is -0.224. The van der Waals surface area contributed by atoms with Crippen molar-refractivity contribution in [3.8, 4) is 5.75 Å². The Hall–Kier alpha value is -3.38. The Kier molecular flexibility index (Phi) is 10.8. The second-order valence-corrected chi connectivity index (χ2v) is 8.95. The molecule has 0 bridgehead atoms. The van der Waals surface area contributed by atoms with E-state index in [4.69, 9.17) is 16.3 Å². The van der Waals surface area contributed by atoms with E-state index in [2.05, 4.69) is 5.32 Å². The zero-order chi connectivity index (χ0) is 25.8. The Bertz CT molecular complexity index is 1110. The smallest absolute Gasteiger partial charge is 0.243 e. The molecule has 0 fully saturated rings. The molecule has 0 heterocycles. The van der Waals surface area contributed by atoms with E-state index in [0.717, 1.165) is 12.0 Å². The summed E-state index contributed by atoms with van der Waals surface area (Å²) in [7, 11) is 0. The van der Waals surface area contributed by atoms with Crippen molar-refractivity contribution in [2.75, 3.05) is 13.2 Å². The fourth-order valence-corrected chi connectivity index (χ4v) is 3.94.